The first-order valence-electron chi connectivity index (χ1n) is 6.53. The maximum absolute atomic E-state index is 12.1. The highest BCUT2D eigenvalue weighted by molar-refractivity contribution is 6.34. The minimum atomic E-state index is -0.262. The normalized spacial score (nSPS) is 12.2. The number of nitrogens with two attached hydrogens (primary N) is 1. The fraction of sp³-hybridized carbons (Fsp3) is 0.500. The summed E-state index contributed by atoms with van der Waals surface area (Å²) < 4.78 is 0. The van der Waals surface area contributed by atoms with Gasteiger partial charge in [-0.05, 0) is 30.9 Å². The van der Waals surface area contributed by atoms with E-state index in [2.05, 4.69) is 12.2 Å². The Labute approximate surface area is 118 Å². The van der Waals surface area contributed by atoms with Crippen molar-refractivity contribution in [1.82, 2.24) is 5.32 Å². The highest BCUT2D eigenvalue weighted by Crippen LogP contribution is 2.21. The lowest BCUT2D eigenvalue weighted by Crippen LogP contribution is -2.30. The molecule has 19 heavy (non-hydrogen) atoms. The third-order valence-electron chi connectivity index (χ3n) is 3.06. The molecule has 1 aromatic carbocycles. The fourth-order valence-electron chi connectivity index (χ4n) is 2.05. The van der Waals surface area contributed by atoms with Crippen molar-refractivity contribution in [2.45, 2.75) is 26.2 Å². The lowest BCUT2D eigenvalue weighted by atomic mass is 10.00. The van der Waals surface area contributed by atoms with Gasteiger partial charge in [0.25, 0.3) is 5.91 Å². The maximum Gasteiger partial charge on any atom is 0.254 e. The van der Waals surface area contributed by atoms with Crippen molar-refractivity contribution >= 4 is 23.2 Å². The molecular weight excluding hydrogens is 264 g/mol. The minimum absolute atomic E-state index is 0.134. The second-order valence-electron chi connectivity index (χ2n) is 4.58. The van der Waals surface area contributed by atoms with Gasteiger partial charge in [0, 0.05) is 18.8 Å². The van der Waals surface area contributed by atoms with E-state index < -0.39 is 0 Å². The van der Waals surface area contributed by atoms with E-state index in [1.54, 1.807) is 18.2 Å². The summed E-state index contributed by atoms with van der Waals surface area (Å²) in [6.07, 6.45) is 2.68. The summed E-state index contributed by atoms with van der Waals surface area (Å²) in [7, 11) is 0. The van der Waals surface area contributed by atoms with E-state index in [0.717, 1.165) is 12.8 Å². The first-order chi connectivity index (χ1) is 9.10. The summed E-state index contributed by atoms with van der Waals surface area (Å²) in [5.41, 5.74) is 6.46. The molecule has 5 heteroatoms. The van der Waals surface area contributed by atoms with Crippen LogP contribution in [0.15, 0.2) is 18.2 Å². The van der Waals surface area contributed by atoms with Crippen LogP contribution in [-0.4, -0.2) is 24.2 Å². The van der Waals surface area contributed by atoms with Gasteiger partial charge in [0.1, 0.15) is 0 Å². The lowest BCUT2D eigenvalue weighted by Gasteiger charge is -2.16. The molecule has 0 spiro atoms. The number of rotatable bonds is 7. The Kier molecular flexibility index (Phi) is 6.67. The Morgan fingerprint density at radius 2 is 2.21 bits per heavy atom. The molecule has 4 nitrogen and oxygen atoms in total. The largest absolute Gasteiger partial charge is 0.398 e. The molecule has 1 unspecified atom stereocenters. The molecule has 0 aliphatic heterocycles. The van der Waals surface area contributed by atoms with Gasteiger partial charge in [-0.2, -0.15) is 0 Å². The topological polar surface area (TPSA) is 75.3 Å². The number of hydrogen-bond acceptors (Lipinski definition) is 3. The van der Waals surface area contributed by atoms with Gasteiger partial charge in [0.15, 0.2) is 0 Å². The van der Waals surface area contributed by atoms with Crippen LogP contribution in [0.3, 0.4) is 0 Å². The molecule has 106 valence electrons. The predicted octanol–water partition coefficient (Wildman–Crippen LogP) is 2.45. The average Bonchev–Trinajstić information content (AvgIpc) is 2.36. The molecule has 0 saturated heterocycles. The molecule has 1 rings (SSSR count). The first-order valence-corrected chi connectivity index (χ1v) is 6.91. The Hall–Kier alpha value is -1.26. The molecule has 0 radical (unpaired) electrons. The zero-order chi connectivity index (χ0) is 14.3. The van der Waals surface area contributed by atoms with Crippen LogP contribution in [0.2, 0.25) is 5.02 Å². The third-order valence-corrected chi connectivity index (χ3v) is 3.37. The number of halogens is 1. The summed E-state index contributed by atoms with van der Waals surface area (Å²) >= 11 is 5.98. The van der Waals surface area contributed by atoms with E-state index in [1.165, 1.54) is 0 Å². The standard InChI is InChI=1S/C14H21ClN2O2/c1-2-4-10(7-8-18)9-17-14(19)13-11(15)5-3-6-12(13)16/h3,5-6,10,18H,2,4,7-9,16H2,1H3,(H,17,19). The molecular formula is C14H21ClN2O2. The smallest absolute Gasteiger partial charge is 0.254 e. The predicted molar refractivity (Wildman–Crippen MR) is 78.3 cm³/mol. The molecule has 1 atom stereocenters. The van der Waals surface area contributed by atoms with Crippen LogP contribution >= 0.6 is 11.6 Å². The molecule has 0 saturated carbocycles. The summed E-state index contributed by atoms with van der Waals surface area (Å²) in [5.74, 6) is 0.0183. The zero-order valence-corrected chi connectivity index (χ0v) is 11.9. The van der Waals surface area contributed by atoms with E-state index in [0.29, 0.717) is 29.2 Å². The van der Waals surface area contributed by atoms with Crippen LogP contribution in [0.25, 0.3) is 0 Å². The Balaban J connectivity index is 2.64. The Bertz CT molecular complexity index is 398. The average molecular weight is 285 g/mol. The summed E-state index contributed by atoms with van der Waals surface area (Å²) in [4.78, 5) is 12.1. The van der Waals surface area contributed by atoms with Gasteiger partial charge in [-0.25, -0.2) is 0 Å². The first kappa shape index (κ1) is 15.8. The van der Waals surface area contributed by atoms with Gasteiger partial charge in [-0.15, -0.1) is 0 Å². The number of benzene rings is 1. The maximum atomic E-state index is 12.1. The van der Waals surface area contributed by atoms with E-state index in [9.17, 15) is 4.79 Å². The molecule has 4 N–H and O–H groups in total. The van der Waals surface area contributed by atoms with Crippen molar-refractivity contribution in [2.75, 3.05) is 18.9 Å². The molecule has 0 aliphatic carbocycles. The number of aliphatic hydroxyl groups is 1. The van der Waals surface area contributed by atoms with Crippen molar-refractivity contribution in [3.05, 3.63) is 28.8 Å². The van der Waals surface area contributed by atoms with E-state index in [4.69, 9.17) is 22.4 Å². The van der Waals surface area contributed by atoms with Crippen molar-refractivity contribution < 1.29 is 9.90 Å². The van der Waals surface area contributed by atoms with E-state index in [-0.39, 0.29) is 18.4 Å². The number of carbonyl (C=O) groups excluding carboxylic acids is 1. The van der Waals surface area contributed by atoms with Crippen LogP contribution in [0, 0.1) is 5.92 Å². The van der Waals surface area contributed by atoms with Crippen LogP contribution in [-0.2, 0) is 0 Å². The van der Waals surface area contributed by atoms with Gasteiger partial charge in [-0.3, -0.25) is 4.79 Å². The lowest BCUT2D eigenvalue weighted by molar-refractivity contribution is 0.0944. The van der Waals surface area contributed by atoms with Crippen molar-refractivity contribution in [1.29, 1.82) is 0 Å². The van der Waals surface area contributed by atoms with Crippen LogP contribution in [0.1, 0.15) is 36.5 Å². The number of amides is 1. The fourth-order valence-corrected chi connectivity index (χ4v) is 2.31. The second-order valence-corrected chi connectivity index (χ2v) is 4.99. The summed E-state index contributed by atoms with van der Waals surface area (Å²) in [5, 5.41) is 12.2. The van der Waals surface area contributed by atoms with Gasteiger partial charge in [0.05, 0.1) is 10.6 Å². The monoisotopic (exact) mass is 284 g/mol. The summed E-state index contributed by atoms with van der Waals surface area (Å²) in [6, 6.07) is 5.00. The van der Waals surface area contributed by atoms with Gasteiger partial charge in [-0.1, -0.05) is 31.0 Å². The second kappa shape index (κ2) is 8.02. The molecule has 1 amide bonds. The number of carbonyl (C=O) groups is 1. The van der Waals surface area contributed by atoms with E-state index in [1.807, 2.05) is 0 Å². The number of nitrogens with one attached hydrogen (secondary N) is 1. The van der Waals surface area contributed by atoms with Crippen molar-refractivity contribution in [2.24, 2.45) is 5.92 Å². The Morgan fingerprint density at radius 1 is 1.47 bits per heavy atom. The molecule has 0 fully saturated rings. The third kappa shape index (κ3) is 4.73. The number of hydrogen-bond donors (Lipinski definition) is 3. The summed E-state index contributed by atoms with van der Waals surface area (Å²) in [6.45, 7) is 2.74. The number of anilines is 1. The molecule has 0 heterocycles. The van der Waals surface area contributed by atoms with Crippen molar-refractivity contribution in [3.63, 3.8) is 0 Å². The van der Waals surface area contributed by atoms with Crippen LogP contribution in [0.5, 0.6) is 0 Å². The Morgan fingerprint density at radius 3 is 2.79 bits per heavy atom. The van der Waals surface area contributed by atoms with E-state index >= 15 is 0 Å². The SMILES string of the molecule is CCCC(CCO)CNC(=O)c1c(N)cccc1Cl. The zero-order valence-electron chi connectivity index (χ0n) is 11.2. The quantitative estimate of drug-likeness (QED) is 0.673. The highest BCUT2D eigenvalue weighted by Gasteiger charge is 2.15. The van der Waals surface area contributed by atoms with Gasteiger partial charge in [0.2, 0.25) is 0 Å². The van der Waals surface area contributed by atoms with Crippen molar-refractivity contribution in [3.8, 4) is 0 Å². The highest BCUT2D eigenvalue weighted by atomic mass is 35.5. The number of nitrogen functional groups attached to an aromatic ring is 1. The van der Waals surface area contributed by atoms with Crippen LogP contribution < -0.4 is 11.1 Å². The molecule has 0 aliphatic rings. The van der Waals surface area contributed by atoms with Gasteiger partial charge < -0.3 is 16.2 Å². The molecule has 1 aromatic rings. The minimum Gasteiger partial charge on any atom is -0.398 e. The molecule has 0 aromatic heterocycles. The van der Waals surface area contributed by atoms with Gasteiger partial charge >= 0.3 is 0 Å². The number of aliphatic hydroxyl groups excluding tert-OH is 1. The van der Waals surface area contributed by atoms with Crippen LogP contribution in [0.4, 0.5) is 5.69 Å². The molecule has 0 bridgehead atoms.